The summed E-state index contributed by atoms with van der Waals surface area (Å²) < 4.78 is 4.80. The quantitative estimate of drug-likeness (QED) is 0.573. The minimum Gasteiger partial charge on any atom is -0.496 e. The molecule has 1 aromatic carbocycles. The molecule has 0 atom stereocenters. The third-order valence-electron chi connectivity index (χ3n) is 1.35. The van der Waals surface area contributed by atoms with E-state index in [1.54, 1.807) is 6.07 Å². The zero-order chi connectivity index (χ0) is 9.14. The van der Waals surface area contributed by atoms with Crippen molar-refractivity contribution >= 4 is 29.7 Å². The van der Waals surface area contributed by atoms with Crippen molar-refractivity contribution in [1.82, 2.24) is 0 Å². The molecule has 0 aliphatic carbocycles. The minimum atomic E-state index is -0.551. The largest absolute Gasteiger partial charge is 0.496 e. The first-order valence-corrected chi connectivity index (χ1v) is 3.51. The van der Waals surface area contributed by atoms with Gasteiger partial charge in [0, 0.05) is 0 Å². The molecule has 0 bridgehead atoms. The highest BCUT2D eigenvalue weighted by Gasteiger charge is 2.12. The molecule has 0 radical (unpaired) electrons. The summed E-state index contributed by atoms with van der Waals surface area (Å²) >= 11 is 5.55. The van der Waals surface area contributed by atoms with Gasteiger partial charge in [-0.1, -0.05) is 11.6 Å². The van der Waals surface area contributed by atoms with Crippen molar-refractivity contribution in [2.45, 2.75) is 0 Å². The van der Waals surface area contributed by atoms with Crippen LogP contribution in [0.25, 0.3) is 0 Å². The number of methoxy groups -OCH3 is 1. The first-order valence-electron chi connectivity index (χ1n) is 3.13. The number of nitro groups is 1. The monoisotopic (exact) mass is 223 g/mol. The molecule has 6 heteroatoms. The van der Waals surface area contributed by atoms with Gasteiger partial charge < -0.3 is 4.74 Å². The van der Waals surface area contributed by atoms with Crippen LogP contribution in [0.5, 0.6) is 5.75 Å². The molecule has 0 aliphatic rings. The molecule has 0 N–H and O–H groups in total. The van der Waals surface area contributed by atoms with E-state index in [0.717, 1.165) is 0 Å². The molecular weight excluding hydrogens is 217 g/mol. The van der Waals surface area contributed by atoms with Crippen molar-refractivity contribution in [2.24, 2.45) is 0 Å². The Morgan fingerprint density at radius 3 is 2.62 bits per heavy atom. The maximum absolute atomic E-state index is 10.4. The van der Waals surface area contributed by atoms with Crippen molar-refractivity contribution in [3.8, 4) is 5.75 Å². The number of benzene rings is 1. The molecule has 0 unspecified atom stereocenters. The molecule has 1 rings (SSSR count). The predicted octanol–water partition coefficient (Wildman–Crippen LogP) is 2.68. The van der Waals surface area contributed by atoms with Crippen molar-refractivity contribution in [3.63, 3.8) is 0 Å². The molecule has 0 aromatic heterocycles. The van der Waals surface area contributed by atoms with Gasteiger partial charge in [-0.15, -0.1) is 12.4 Å². The van der Waals surface area contributed by atoms with Gasteiger partial charge in [-0.25, -0.2) is 0 Å². The fraction of sp³-hybridized carbons (Fsp3) is 0.143. The Balaban J connectivity index is 0.00000144. The SMILES string of the molecule is COc1ccc(Cl)c([N+](=O)[O-])c1.Cl. The molecular formula is C7H7Cl2NO3. The first kappa shape index (κ1) is 12.0. The lowest BCUT2D eigenvalue weighted by Gasteiger charge is -1.99. The van der Waals surface area contributed by atoms with Crippen LogP contribution in [0, 0.1) is 10.1 Å². The number of hydrogen-bond donors (Lipinski definition) is 0. The summed E-state index contributed by atoms with van der Waals surface area (Å²) in [4.78, 5) is 9.80. The maximum atomic E-state index is 10.4. The van der Waals surface area contributed by atoms with E-state index in [4.69, 9.17) is 16.3 Å². The number of ether oxygens (including phenoxy) is 1. The average molecular weight is 224 g/mol. The van der Waals surface area contributed by atoms with Crippen LogP contribution in [0.3, 0.4) is 0 Å². The summed E-state index contributed by atoms with van der Waals surface area (Å²) in [7, 11) is 1.44. The smallest absolute Gasteiger partial charge is 0.291 e. The van der Waals surface area contributed by atoms with Crippen LogP contribution >= 0.6 is 24.0 Å². The Morgan fingerprint density at radius 2 is 2.15 bits per heavy atom. The van der Waals surface area contributed by atoms with Gasteiger partial charge in [-0.3, -0.25) is 10.1 Å². The topological polar surface area (TPSA) is 52.4 Å². The van der Waals surface area contributed by atoms with E-state index < -0.39 is 4.92 Å². The molecule has 0 saturated carbocycles. The third-order valence-corrected chi connectivity index (χ3v) is 1.67. The molecule has 0 heterocycles. The summed E-state index contributed by atoms with van der Waals surface area (Å²) in [5.74, 6) is 0.422. The van der Waals surface area contributed by atoms with Crippen LogP contribution in [0.15, 0.2) is 18.2 Å². The third kappa shape index (κ3) is 2.75. The number of hydrogen-bond acceptors (Lipinski definition) is 3. The summed E-state index contributed by atoms with van der Waals surface area (Å²) in [5, 5.41) is 10.5. The molecule has 4 nitrogen and oxygen atoms in total. The Kier molecular flexibility index (Phi) is 4.51. The van der Waals surface area contributed by atoms with Gasteiger partial charge in [-0.05, 0) is 12.1 Å². The van der Waals surface area contributed by atoms with E-state index in [1.807, 2.05) is 0 Å². The predicted molar refractivity (Wildman–Crippen MR) is 51.9 cm³/mol. The highest BCUT2D eigenvalue weighted by atomic mass is 35.5. The van der Waals surface area contributed by atoms with E-state index in [9.17, 15) is 10.1 Å². The van der Waals surface area contributed by atoms with E-state index in [2.05, 4.69) is 0 Å². The normalized spacial score (nSPS) is 8.77. The van der Waals surface area contributed by atoms with Crippen molar-refractivity contribution in [2.75, 3.05) is 7.11 Å². The van der Waals surface area contributed by atoms with Gasteiger partial charge in [0.2, 0.25) is 0 Å². The van der Waals surface area contributed by atoms with Crippen LogP contribution in [-0.4, -0.2) is 12.0 Å². The fourth-order valence-corrected chi connectivity index (χ4v) is 0.946. The second kappa shape index (κ2) is 4.89. The van der Waals surface area contributed by atoms with Crippen LogP contribution in [0.1, 0.15) is 0 Å². The first-order chi connectivity index (χ1) is 5.65. The van der Waals surface area contributed by atoms with E-state index in [1.165, 1.54) is 19.2 Å². The Morgan fingerprint density at radius 1 is 1.54 bits per heavy atom. The van der Waals surface area contributed by atoms with Crippen molar-refractivity contribution < 1.29 is 9.66 Å². The van der Waals surface area contributed by atoms with Gasteiger partial charge >= 0.3 is 0 Å². The number of nitro benzene ring substituents is 1. The van der Waals surface area contributed by atoms with Gasteiger partial charge in [0.05, 0.1) is 18.1 Å². The minimum absolute atomic E-state index is 0. The molecule has 72 valence electrons. The molecule has 0 saturated heterocycles. The van der Waals surface area contributed by atoms with Crippen LogP contribution < -0.4 is 4.74 Å². The highest BCUT2D eigenvalue weighted by molar-refractivity contribution is 6.32. The number of rotatable bonds is 2. The summed E-state index contributed by atoms with van der Waals surface area (Å²) in [6.07, 6.45) is 0. The lowest BCUT2D eigenvalue weighted by molar-refractivity contribution is -0.384. The Labute approximate surface area is 86.0 Å². The van der Waals surface area contributed by atoms with E-state index >= 15 is 0 Å². The summed E-state index contributed by atoms with van der Waals surface area (Å²) in [6, 6.07) is 4.27. The lowest BCUT2D eigenvalue weighted by atomic mass is 10.3. The molecule has 13 heavy (non-hydrogen) atoms. The van der Waals surface area contributed by atoms with Crippen molar-refractivity contribution in [3.05, 3.63) is 33.3 Å². The number of halogens is 2. The van der Waals surface area contributed by atoms with E-state index in [0.29, 0.717) is 5.75 Å². The fourth-order valence-electron chi connectivity index (χ4n) is 0.759. The van der Waals surface area contributed by atoms with Crippen LogP contribution in [0.4, 0.5) is 5.69 Å². The molecule has 0 spiro atoms. The highest BCUT2D eigenvalue weighted by Crippen LogP contribution is 2.27. The lowest BCUT2D eigenvalue weighted by Crippen LogP contribution is -1.90. The van der Waals surface area contributed by atoms with Gasteiger partial charge in [0.15, 0.2) is 0 Å². The summed E-state index contributed by atoms with van der Waals surface area (Å²) in [6.45, 7) is 0. The van der Waals surface area contributed by atoms with Gasteiger partial charge in [0.1, 0.15) is 10.8 Å². The maximum Gasteiger partial charge on any atom is 0.291 e. The second-order valence-corrected chi connectivity index (χ2v) is 2.48. The van der Waals surface area contributed by atoms with Crippen LogP contribution in [-0.2, 0) is 0 Å². The molecule has 0 fully saturated rings. The van der Waals surface area contributed by atoms with Crippen LogP contribution in [0.2, 0.25) is 5.02 Å². The zero-order valence-electron chi connectivity index (χ0n) is 6.69. The Bertz CT molecular complexity index is 317. The van der Waals surface area contributed by atoms with Crippen molar-refractivity contribution in [1.29, 1.82) is 0 Å². The second-order valence-electron chi connectivity index (χ2n) is 2.07. The van der Waals surface area contributed by atoms with Gasteiger partial charge in [0.25, 0.3) is 5.69 Å². The van der Waals surface area contributed by atoms with Gasteiger partial charge in [-0.2, -0.15) is 0 Å². The summed E-state index contributed by atoms with van der Waals surface area (Å²) in [5.41, 5.74) is -0.143. The zero-order valence-corrected chi connectivity index (χ0v) is 8.26. The molecule has 0 amide bonds. The number of nitrogens with zero attached hydrogens (tertiary/aromatic N) is 1. The molecule has 1 aromatic rings. The standard InChI is InChI=1S/C7H6ClNO3.ClH/c1-12-5-2-3-6(8)7(4-5)9(10)11;/h2-4H,1H3;1H. The Hall–Kier alpha value is -1.00. The average Bonchev–Trinajstić information content (AvgIpc) is 2.05. The van der Waals surface area contributed by atoms with E-state index in [-0.39, 0.29) is 23.1 Å². The molecule has 0 aliphatic heterocycles.